The quantitative estimate of drug-likeness (QED) is 0.711. The summed E-state index contributed by atoms with van der Waals surface area (Å²) in [7, 11) is 0. The predicted molar refractivity (Wildman–Crippen MR) is 110 cm³/mol. The van der Waals surface area contributed by atoms with Crippen molar-refractivity contribution in [2.45, 2.75) is 38.5 Å². The van der Waals surface area contributed by atoms with E-state index in [1.54, 1.807) is 0 Å². The van der Waals surface area contributed by atoms with Gasteiger partial charge in [0.25, 0.3) is 0 Å². The third-order valence-electron chi connectivity index (χ3n) is 6.25. The van der Waals surface area contributed by atoms with Gasteiger partial charge in [0.15, 0.2) is 0 Å². The second-order valence-electron chi connectivity index (χ2n) is 8.11. The maximum Gasteiger partial charge on any atom is 0.416 e. The molecule has 0 N–H and O–H groups in total. The fourth-order valence-corrected chi connectivity index (χ4v) is 4.14. The summed E-state index contributed by atoms with van der Waals surface area (Å²) in [6, 6.07) is 11.2. The van der Waals surface area contributed by atoms with E-state index in [2.05, 4.69) is 0 Å². The fourth-order valence-electron chi connectivity index (χ4n) is 4.14. The van der Waals surface area contributed by atoms with E-state index >= 15 is 0 Å². The molecular formula is C24H23F3NO3-. The van der Waals surface area contributed by atoms with Gasteiger partial charge in [0.2, 0.25) is 0 Å². The van der Waals surface area contributed by atoms with Crippen LogP contribution in [0, 0.1) is 5.92 Å². The molecule has 2 aromatic carbocycles. The molecule has 0 aliphatic carbocycles. The number of fused-ring (bicyclic) bond motifs is 1. The number of carbonyl (C=O) groups is 1. The Morgan fingerprint density at radius 2 is 1.87 bits per heavy atom. The molecule has 4 nitrogen and oxygen atoms in total. The highest BCUT2D eigenvalue weighted by Gasteiger charge is 2.37. The number of halogens is 3. The summed E-state index contributed by atoms with van der Waals surface area (Å²) in [6.45, 7) is 4.67. The minimum Gasteiger partial charge on any atom is -0.550 e. The molecule has 2 heterocycles. The van der Waals surface area contributed by atoms with Crippen LogP contribution in [0.1, 0.15) is 43.4 Å². The third-order valence-corrected chi connectivity index (χ3v) is 6.25. The molecule has 0 atom stereocenters. The van der Waals surface area contributed by atoms with Gasteiger partial charge in [-0.05, 0) is 54.3 Å². The standard InChI is InChI=1S/C24H24F3NO3/c1-3-23(4-2)12-20(19-9-8-17(24(25,26)27)11-21(19)31-23)15-6-5-7-18(10-15)28-13-16(14-28)22(29)30/h5-12,16H,3-4,13-14H2,1-2H3,(H,29,30)/p-1. The maximum atomic E-state index is 13.3. The zero-order chi connectivity index (χ0) is 22.4. The van der Waals surface area contributed by atoms with Gasteiger partial charge in [-0.3, -0.25) is 0 Å². The lowest BCUT2D eigenvalue weighted by molar-refractivity contribution is -0.312. The average molecular weight is 430 g/mol. The van der Waals surface area contributed by atoms with Crippen molar-refractivity contribution < 1.29 is 27.8 Å². The first-order valence-corrected chi connectivity index (χ1v) is 10.4. The lowest BCUT2D eigenvalue weighted by Crippen LogP contribution is -2.54. The second-order valence-corrected chi connectivity index (χ2v) is 8.11. The van der Waals surface area contributed by atoms with Crippen molar-refractivity contribution in [1.82, 2.24) is 0 Å². The van der Waals surface area contributed by atoms with E-state index in [4.69, 9.17) is 4.74 Å². The van der Waals surface area contributed by atoms with Crippen LogP contribution in [0.3, 0.4) is 0 Å². The summed E-state index contributed by atoms with van der Waals surface area (Å²) in [5.41, 5.74) is 1.71. The summed E-state index contributed by atoms with van der Waals surface area (Å²) in [4.78, 5) is 13.0. The first kappa shape index (κ1) is 21.3. The molecule has 31 heavy (non-hydrogen) atoms. The first-order chi connectivity index (χ1) is 14.7. The number of aliphatic carboxylic acids is 1. The SMILES string of the molecule is CCC1(CC)C=C(c2cccc(N3CC(C(=O)[O-])C3)c2)c2ccc(C(F)(F)F)cc2O1. The smallest absolute Gasteiger partial charge is 0.416 e. The number of ether oxygens (including phenoxy) is 1. The van der Waals surface area contributed by atoms with Crippen molar-refractivity contribution in [3.05, 3.63) is 65.2 Å². The molecule has 2 aliphatic rings. The van der Waals surface area contributed by atoms with Crippen molar-refractivity contribution >= 4 is 17.2 Å². The molecule has 0 spiro atoms. The Bertz CT molecular complexity index is 1030. The number of nitrogens with zero attached hydrogens (tertiary/aromatic N) is 1. The average Bonchev–Trinajstić information content (AvgIpc) is 2.70. The van der Waals surface area contributed by atoms with Gasteiger partial charge in [0.1, 0.15) is 11.4 Å². The normalized spacial score (nSPS) is 18.0. The molecule has 7 heteroatoms. The highest BCUT2D eigenvalue weighted by Crippen LogP contribution is 2.45. The number of hydrogen-bond donors (Lipinski definition) is 0. The van der Waals surface area contributed by atoms with Gasteiger partial charge < -0.3 is 19.5 Å². The highest BCUT2D eigenvalue weighted by molar-refractivity contribution is 5.86. The van der Waals surface area contributed by atoms with Crippen molar-refractivity contribution in [3.63, 3.8) is 0 Å². The monoisotopic (exact) mass is 430 g/mol. The van der Waals surface area contributed by atoms with E-state index in [1.807, 2.05) is 49.1 Å². The van der Waals surface area contributed by atoms with E-state index in [-0.39, 0.29) is 5.75 Å². The van der Waals surface area contributed by atoms with Gasteiger partial charge in [-0.2, -0.15) is 13.2 Å². The molecule has 1 fully saturated rings. The number of anilines is 1. The molecular weight excluding hydrogens is 407 g/mol. The second kappa shape index (κ2) is 7.62. The van der Waals surface area contributed by atoms with Gasteiger partial charge in [0.05, 0.1) is 5.56 Å². The van der Waals surface area contributed by atoms with Crippen molar-refractivity contribution in [1.29, 1.82) is 0 Å². The molecule has 164 valence electrons. The molecule has 4 rings (SSSR count). The molecule has 2 aliphatic heterocycles. The van der Waals surface area contributed by atoms with Crippen LogP contribution in [0.25, 0.3) is 5.57 Å². The van der Waals surface area contributed by atoms with Gasteiger partial charge in [-0.1, -0.05) is 32.0 Å². The number of carbonyl (C=O) groups excluding carboxylic acids is 1. The summed E-state index contributed by atoms with van der Waals surface area (Å²) in [5.74, 6) is -1.31. The van der Waals surface area contributed by atoms with Gasteiger partial charge in [-0.25, -0.2) is 0 Å². The van der Waals surface area contributed by atoms with Crippen LogP contribution in [0.2, 0.25) is 0 Å². The number of benzene rings is 2. The van der Waals surface area contributed by atoms with Crippen molar-refractivity contribution in [2.24, 2.45) is 5.92 Å². The number of rotatable bonds is 5. The molecule has 0 saturated carbocycles. The van der Waals surface area contributed by atoms with Crippen LogP contribution in [0.5, 0.6) is 5.75 Å². The summed E-state index contributed by atoms with van der Waals surface area (Å²) < 4.78 is 46.0. The first-order valence-electron chi connectivity index (χ1n) is 10.4. The Balaban J connectivity index is 1.76. The van der Waals surface area contributed by atoms with E-state index in [9.17, 15) is 23.1 Å². The number of carboxylic acids is 1. The molecule has 2 aromatic rings. The largest absolute Gasteiger partial charge is 0.550 e. The zero-order valence-electron chi connectivity index (χ0n) is 17.3. The summed E-state index contributed by atoms with van der Waals surface area (Å²) in [6.07, 6.45) is -1.22. The van der Waals surface area contributed by atoms with Crippen LogP contribution in [0.4, 0.5) is 18.9 Å². The van der Waals surface area contributed by atoms with Crippen LogP contribution >= 0.6 is 0 Å². The molecule has 0 bridgehead atoms. The topological polar surface area (TPSA) is 52.6 Å². The van der Waals surface area contributed by atoms with Crippen LogP contribution in [-0.4, -0.2) is 24.7 Å². The van der Waals surface area contributed by atoms with Crippen LogP contribution in [0.15, 0.2) is 48.5 Å². The summed E-state index contributed by atoms with van der Waals surface area (Å²) >= 11 is 0. The Morgan fingerprint density at radius 3 is 2.48 bits per heavy atom. The Hall–Kier alpha value is -2.96. The Morgan fingerprint density at radius 1 is 1.16 bits per heavy atom. The molecule has 0 unspecified atom stereocenters. The lowest BCUT2D eigenvalue weighted by Gasteiger charge is -2.41. The number of hydrogen-bond acceptors (Lipinski definition) is 4. The van der Waals surface area contributed by atoms with E-state index in [0.717, 1.165) is 29.0 Å². The fraction of sp³-hybridized carbons (Fsp3) is 0.375. The molecule has 0 amide bonds. The number of carboxylic acid groups (broad SMARTS) is 1. The van der Waals surface area contributed by atoms with E-state index < -0.39 is 29.2 Å². The van der Waals surface area contributed by atoms with Crippen molar-refractivity contribution in [2.75, 3.05) is 18.0 Å². The highest BCUT2D eigenvalue weighted by atomic mass is 19.4. The Labute approximate surface area is 178 Å². The van der Waals surface area contributed by atoms with Crippen LogP contribution < -0.4 is 14.7 Å². The lowest BCUT2D eigenvalue weighted by atomic mass is 9.85. The van der Waals surface area contributed by atoms with E-state index in [0.29, 0.717) is 31.5 Å². The third kappa shape index (κ3) is 3.89. The summed E-state index contributed by atoms with van der Waals surface area (Å²) in [5, 5.41) is 11.0. The maximum absolute atomic E-state index is 13.3. The number of alkyl halides is 3. The molecule has 1 saturated heterocycles. The molecule has 0 aromatic heterocycles. The Kier molecular flexibility index (Phi) is 5.23. The van der Waals surface area contributed by atoms with Crippen molar-refractivity contribution in [3.8, 4) is 5.75 Å². The predicted octanol–water partition coefficient (Wildman–Crippen LogP) is 4.27. The minimum atomic E-state index is -4.45. The van der Waals surface area contributed by atoms with Gasteiger partial charge in [-0.15, -0.1) is 0 Å². The van der Waals surface area contributed by atoms with Gasteiger partial charge in [0, 0.05) is 36.2 Å². The zero-order valence-corrected chi connectivity index (χ0v) is 17.3. The van der Waals surface area contributed by atoms with Crippen LogP contribution in [-0.2, 0) is 11.0 Å². The minimum absolute atomic E-state index is 0.224. The van der Waals surface area contributed by atoms with Gasteiger partial charge >= 0.3 is 6.18 Å². The molecule has 0 radical (unpaired) electrons. The van der Waals surface area contributed by atoms with E-state index in [1.165, 1.54) is 6.07 Å².